The van der Waals surface area contributed by atoms with Gasteiger partial charge in [0.2, 0.25) is 0 Å². The summed E-state index contributed by atoms with van der Waals surface area (Å²) in [6.45, 7) is -1.97. The number of carbonyl (C=O) groups is 1. The summed E-state index contributed by atoms with van der Waals surface area (Å²) in [7, 11) is -5.17. The number of halogens is 6. The Hall–Kier alpha value is -1.19. The average molecular weight is 557 g/mol. The first-order valence-electron chi connectivity index (χ1n) is 9.12. The zero-order valence-corrected chi connectivity index (χ0v) is 23.6. The maximum atomic E-state index is 14.1. The average Bonchev–Trinajstić information content (AvgIpc) is 3.16. The van der Waals surface area contributed by atoms with Gasteiger partial charge in [0, 0.05) is 17.8 Å². The van der Waals surface area contributed by atoms with Crippen LogP contribution in [0.2, 0.25) is 0 Å². The molecule has 2 N–H and O–H groups in total. The Bertz CT molecular complexity index is 1260. The van der Waals surface area contributed by atoms with E-state index in [1.807, 2.05) is 0 Å². The third kappa shape index (κ3) is 8.15. The number of carbonyl (C=O) groups excluding carboxylic acids is 1. The monoisotopic (exact) mass is 557 g/mol. The summed E-state index contributed by atoms with van der Waals surface area (Å²) in [5, 5.41) is 3.79. The van der Waals surface area contributed by atoms with E-state index in [-0.39, 0.29) is 62.0 Å². The smallest absolute Gasteiger partial charge is 1.00 e. The molecule has 0 radical (unpaired) electrons. The van der Waals surface area contributed by atoms with Crippen LogP contribution in [-0.4, -0.2) is 32.2 Å². The number of amides is 1. The Kier molecular flexibility index (Phi) is 11.9. The van der Waals surface area contributed by atoms with Crippen LogP contribution in [0.4, 0.5) is 32.2 Å². The SMILES string of the molecule is O=C(c1c(F)cccc1F)N(COP(=O)(O)O)c1ccn(Cc2c(F)cccc2C(F)(F)F)n1.[H-].[H-].[Na+].[Na+]. The summed E-state index contributed by atoms with van der Waals surface area (Å²) in [4.78, 5) is 31.0. The van der Waals surface area contributed by atoms with Gasteiger partial charge in [-0.2, -0.15) is 18.3 Å². The van der Waals surface area contributed by atoms with Gasteiger partial charge in [-0.3, -0.25) is 18.9 Å². The molecule has 1 heterocycles. The number of phosphoric ester groups is 1. The molecule has 0 saturated carbocycles. The van der Waals surface area contributed by atoms with Crippen molar-refractivity contribution in [1.82, 2.24) is 9.78 Å². The van der Waals surface area contributed by atoms with E-state index < -0.39 is 73.1 Å². The molecule has 3 rings (SSSR count). The first-order valence-corrected chi connectivity index (χ1v) is 10.6. The maximum Gasteiger partial charge on any atom is 1.00 e. The number of nitrogens with zero attached hydrogens (tertiary/aromatic N) is 3. The van der Waals surface area contributed by atoms with Crippen LogP contribution in [0.1, 0.15) is 24.3 Å². The minimum atomic E-state index is -5.17. The molecule has 3 aromatic rings. The Balaban J connectivity index is 0. The van der Waals surface area contributed by atoms with Crippen LogP contribution in [0.5, 0.6) is 0 Å². The van der Waals surface area contributed by atoms with E-state index in [1.165, 1.54) is 0 Å². The summed E-state index contributed by atoms with van der Waals surface area (Å²) >= 11 is 0. The molecule has 0 atom stereocenters. The zero-order chi connectivity index (χ0) is 25.3. The third-order valence-corrected chi connectivity index (χ3v) is 4.88. The fourth-order valence-electron chi connectivity index (χ4n) is 2.93. The minimum absolute atomic E-state index is 0. The minimum Gasteiger partial charge on any atom is -1.00 e. The molecule has 0 aliphatic rings. The second kappa shape index (κ2) is 13.1. The summed E-state index contributed by atoms with van der Waals surface area (Å²) in [6.07, 6.45) is -3.85. The molecule has 186 valence electrons. The third-order valence-electron chi connectivity index (χ3n) is 4.42. The molecule has 1 aromatic heterocycles. The number of rotatable bonds is 7. The van der Waals surface area contributed by atoms with E-state index >= 15 is 0 Å². The summed E-state index contributed by atoms with van der Waals surface area (Å²) in [5.74, 6) is -5.72. The molecule has 0 bridgehead atoms. The van der Waals surface area contributed by atoms with Crippen LogP contribution in [0.15, 0.2) is 48.7 Å². The largest absolute Gasteiger partial charge is 1.00 e. The van der Waals surface area contributed by atoms with E-state index in [1.54, 1.807) is 0 Å². The fourth-order valence-corrected chi connectivity index (χ4v) is 3.19. The number of phosphoric acid groups is 1. The number of hydrogen-bond donors (Lipinski definition) is 2. The van der Waals surface area contributed by atoms with Crippen molar-refractivity contribution in [2.75, 3.05) is 11.6 Å². The van der Waals surface area contributed by atoms with Crippen molar-refractivity contribution in [3.8, 4) is 0 Å². The van der Waals surface area contributed by atoms with Gasteiger partial charge in [-0.25, -0.2) is 17.7 Å². The summed E-state index contributed by atoms with van der Waals surface area (Å²) in [6, 6.07) is 5.82. The van der Waals surface area contributed by atoms with Crippen LogP contribution in [0.3, 0.4) is 0 Å². The quantitative estimate of drug-likeness (QED) is 0.156. The van der Waals surface area contributed by atoms with Gasteiger partial charge in [0.15, 0.2) is 5.82 Å². The van der Waals surface area contributed by atoms with Crippen molar-refractivity contribution in [3.63, 3.8) is 0 Å². The molecule has 0 saturated heterocycles. The van der Waals surface area contributed by atoms with E-state index in [4.69, 9.17) is 9.79 Å². The van der Waals surface area contributed by atoms with Gasteiger partial charge in [-0.1, -0.05) is 12.1 Å². The number of alkyl halides is 3. The van der Waals surface area contributed by atoms with E-state index in [9.17, 15) is 35.7 Å². The van der Waals surface area contributed by atoms with Crippen LogP contribution in [0.25, 0.3) is 0 Å². The van der Waals surface area contributed by atoms with E-state index in [0.29, 0.717) is 11.0 Å². The first kappa shape index (κ1) is 32.8. The molecule has 1 amide bonds. The molecule has 17 heteroatoms. The molecule has 0 fully saturated rings. The van der Waals surface area contributed by atoms with Crippen molar-refractivity contribution in [3.05, 3.63) is 82.8 Å². The van der Waals surface area contributed by atoms with E-state index in [2.05, 4.69) is 9.62 Å². The molecule has 0 spiro atoms. The normalized spacial score (nSPS) is 11.4. The maximum absolute atomic E-state index is 14.1. The predicted octanol–water partition coefficient (Wildman–Crippen LogP) is -1.69. The van der Waals surface area contributed by atoms with Gasteiger partial charge >= 0.3 is 73.1 Å². The van der Waals surface area contributed by atoms with Gasteiger partial charge in [0.05, 0.1) is 12.1 Å². The van der Waals surface area contributed by atoms with Crippen LogP contribution >= 0.6 is 7.82 Å². The second-order valence-electron chi connectivity index (χ2n) is 6.71. The molecule has 8 nitrogen and oxygen atoms in total. The molecule has 0 unspecified atom stereocenters. The molecular formula is C19H16F6N3Na2O5P. The van der Waals surface area contributed by atoms with Gasteiger partial charge in [0.25, 0.3) is 5.91 Å². The Morgan fingerprint density at radius 2 is 1.58 bits per heavy atom. The van der Waals surface area contributed by atoms with Crippen molar-refractivity contribution in [1.29, 1.82) is 0 Å². The first-order chi connectivity index (χ1) is 15.8. The Morgan fingerprint density at radius 1 is 1.03 bits per heavy atom. The summed E-state index contributed by atoms with van der Waals surface area (Å²) in [5.41, 5.74) is -3.13. The number of aromatic nitrogens is 2. The molecule has 0 aliphatic carbocycles. The van der Waals surface area contributed by atoms with Crippen LogP contribution < -0.4 is 64.0 Å². The van der Waals surface area contributed by atoms with Crippen molar-refractivity contribution in [2.24, 2.45) is 0 Å². The van der Waals surface area contributed by atoms with Crippen molar-refractivity contribution < 1.29 is 112 Å². The van der Waals surface area contributed by atoms with Crippen LogP contribution in [0, 0.1) is 17.5 Å². The van der Waals surface area contributed by atoms with E-state index in [0.717, 1.165) is 47.3 Å². The summed E-state index contributed by atoms with van der Waals surface area (Å²) < 4.78 is 98.1. The van der Waals surface area contributed by atoms with Gasteiger partial charge in [-0.15, -0.1) is 0 Å². The number of hydrogen-bond acceptors (Lipinski definition) is 4. The fraction of sp³-hybridized carbons (Fsp3) is 0.158. The van der Waals surface area contributed by atoms with Gasteiger partial charge in [-0.05, 0) is 24.3 Å². The zero-order valence-electron chi connectivity index (χ0n) is 20.7. The van der Waals surface area contributed by atoms with Crippen molar-refractivity contribution in [2.45, 2.75) is 12.7 Å². The standard InChI is InChI=1S/C19H14F6N3O5P.2Na.2H/c20-13-4-1-3-12(19(23,24)25)11(13)9-27-8-7-16(26-27)28(10-33-34(30,31)32)18(29)17-14(21)5-2-6-15(17)22;;;;/h1-8H,9-10H2,(H2,30,31,32);;;;/q;2*+1;2*-1. The van der Waals surface area contributed by atoms with Gasteiger partial charge < -0.3 is 12.6 Å². The number of benzene rings is 2. The molecule has 0 aliphatic heterocycles. The number of anilines is 1. The topological polar surface area (TPSA) is 105 Å². The van der Waals surface area contributed by atoms with Crippen LogP contribution in [-0.2, 0) is 21.8 Å². The predicted molar refractivity (Wildman–Crippen MR) is 106 cm³/mol. The molecule has 36 heavy (non-hydrogen) atoms. The molecular weight excluding hydrogens is 541 g/mol. The van der Waals surface area contributed by atoms with Gasteiger partial charge in [0.1, 0.15) is 29.7 Å². The Morgan fingerprint density at radius 3 is 2.14 bits per heavy atom. The molecule has 2 aromatic carbocycles. The second-order valence-corrected chi connectivity index (χ2v) is 7.95. The van der Waals surface area contributed by atoms with Crippen molar-refractivity contribution >= 4 is 19.5 Å². The Labute approximate surface area is 247 Å².